The van der Waals surface area contributed by atoms with Gasteiger partial charge in [-0.25, -0.2) is 8.78 Å². The minimum Gasteiger partial charge on any atom is -0.469 e. The number of halogens is 4. The highest BCUT2D eigenvalue weighted by Gasteiger charge is 2.82. The zero-order valence-electron chi connectivity index (χ0n) is 11.6. The third-order valence-corrected chi connectivity index (χ3v) is 4.78. The zero-order chi connectivity index (χ0) is 16.3. The summed E-state index contributed by atoms with van der Waals surface area (Å²) in [6.45, 7) is 0. The van der Waals surface area contributed by atoms with Gasteiger partial charge in [-0.05, 0) is 31.4 Å². The third kappa shape index (κ3) is 1.68. The van der Waals surface area contributed by atoms with Crippen molar-refractivity contribution in [3.05, 3.63) is 35.4 Å². The maximum atomic E-state index is 14.4. The molecule has 22 heavy (non-hydrogen) atoms. The normalized spacial score (nSPS) is 29.3. The van der Waals surface area contributed by atoms with Gasteiger partial charge >= 0.3 is 11.9 Å². The highest BCUT2D eigenvalue weighted by atomic mass is 19.3. The fourth-order valence-electron chi connectivity index (χ4n) is 3.64. The zero-order valence-corrected chi connectivity index (χ0v) is 11.6. The van der Waals surface area contributed by atoms with Gasteiger partial charge in [-0.1, -0.05) is 0 Å². The van der Waals surface area contributed by atoms with E-state index in [0.29, 0.717) is 12.1 Å². The van der Waals surface area contributed by atoms with Crippen LogP contribution in [0.25, 0.3) is 0 Å². The summed E-state index contributed by atoms with van der Waals surface area (Å²) in [7, 11) is 1.17. The number of rotatable bonds is 4. The van der Waals surface area contributed by atoms with E-state index in [1.807, 2.05) is 0 Å². The lowest BCUT2D eigenvalue weighted by atomic mass is 9.33. The van der Waals surface area contributed by atoms with Gasteiger partial charge in [0.15, 0.2) is 0 Å². The van der Waals surface area contributed by atoms with Crippen molar-refractivity contribution in [3.8, 4) is 0 Å². The van der Waals surface area contributed by atoms with Gasteiger partial charge in [0.1, 0.15) is 11.6 Å². The van der Waals surface area contributed by atoms with Crippen LogP contribution in [0.3, 0.4) is 0 Å². The number of carbonyl (C=O) groups is 2. The van der Waals surface area contributed by atoms with Gasteiger partial charge in [0.05, 0.1) is 18.1 Å². The Morgan fingerprint density at radius 3 is 2.27 bits per heavy atom. The lowest BCUT2D eigenvalue weighted by Crippen LogP contribution is -2.73. The molecule has 0 atom stereocenters. The Labute approximate surface area is 123 Å². The molecule has 0 N–H and O–H groups in total. The first-order valence-electron chi connectivity index (χ1n) is 6.64. The quantitative estimate of drug-likeness (QED) is 0.487. The smallest absolute Gasteiger partial charge is 0.315 e. The van der Waals surface area contributed by atoms with Crippen LogP contribution in [0.5, 0.6) is 0 Å². The first kappa shape index (κ1) is 15.0. The lowest BCUT2D eigenvalue weighted by molar-refractivity contribution is -0.290. The summed E-state index contributed by atoms with van der Waals surface area (Å²) >= 11 is 0. The number of esters is 1. The van der Waals surface area contributed by atoms with Crippen LogP contribution in [0.15, 0.2) is 18.2 Å². The Hall–Kier alpha value is -1.92. The molecule has 0 heterocycles. The highest BCUT2D eigenvalue weighted by Crippen LogP contribution is 2.78. The van der Waals surface area contributed by atoms with Gasteiger partial charge in [-0.15, -0.1) is 0 Å². The fraction of sp³-hybridized carbons (Fsp3) is 0.467. The monoisotopic (exact) mass is 316 g/mol. The maximum Gasteiger partial charge on any atom is 0.315 e. The molecule has 0 amide bonds. The molecular formula is C15H12F4O3. The minimum atomic E-state index is -3.80. The average Bonchev–Trinajstić information content (AvgIpc) is 2.34. The lowest BCUT2D eigenvalue weighted by Gasteiger charge is -2.69. The molecule has 0 saturated heterocycles. The van der Waals surface area contributed by atoms with E-state index in [1.165, 1.54) is 7.11 Å². The van der Waals surface area contributed by atoms with Crippen molar-refractivity contribution in [1.82, 2.24) is 0 Å². The summed E-state index contributed by atoms with van der Waals surface area (Å²) in [6.07, 6.45) is -0.476. The minimum absolute atomic E-state index is 0.159. The summed E-state index contributed by atoms with van der Waals surface area (Å²) in [4.78, 5) is 23.5. The maximum absolute atomic E-state index is 14.4. The molecule has 0 spiro atoms. The number of hydrogen-bond donors (Lipinski definition) is 0. The second-order valence-electron chi connectivity index (χ2n) is 6.11. The van der Waals surface area contributed by atoms with Crippen LogP contribution in [-0.2, 0) is 9.53 Å². The predicted molar refractivity (Wildman–Crippen MR) is 66.4 cm³/mol. The Balaban J connectivity index is 1.83. The summed E-state index contributed by atoms with van der Waals surface area (Å²) in [5.74, 6) is -8.32. The fourth-order valence-corrected chi connectivity index (χ4v) is 3.64. The van der Waals surface area contributed by atoms with E-state index in [2.05, 4.69) is 4.74 Å². The second-order valence-corrected chi connectivity index (χ2v) is 6.11. The largest absolute Gasteiger partial charge is 0.469 e. The van der Waals surface area contributed by atoms with Gasteiger partial charge in [-0.3, -0.25) is 9.59 Å². The van der Waals surface area contributed by atoms with Crippen molar-refractivity contribution in [2.75, 3.05) is 7.11 Å². The molecule has 118 valence electrons. The standard InChI is InChI=1S/C15H12F4O3/c1-22-12(21)13-5-14(6-13,7-13)15(18,19)11(20)9-3-2-8(16)4-10(9)17/h2-4H,5-7H2,1H3. The van der Waals surface area contributed by atoms with Gasteiger partial charge in [0.2, 0.25) is 5.78 Å². The number of benzene rings is 1. The highest BCUT2D eigenvalue weighted by molar-refractivity contribution is 6.03. The molecule has 4 rings (SSSR count). The van der Waals surface area contributed by atoms with Gasteiger partial charge < -0.3 is 4.74 Å². The van der Waals surface area contributed by atoms with Crippen molar-refractivity contribution in [2.24, 2.45) is 10.8 Å². The molecule has 0 aliphatic heterocycles. The van der Waals surface area contributed by atoms with E-state index >= 15 is 0 Å². The van der Waals surface area contributed by atoms with E-state index in [1.54, 1.807) is 0 Å². The van der Waals surface area contributed by atoms with Gasteiger partial charge in [0.25, 0.3) is 0 Å². The van der Waals surface area contributed by atoms with Gasteiger partial charge in [-0.2, -0.15) is 8.78 Å². The Bertz CT molecular complexity index is 664. The van der Waals surface area contributed by atoms with Crippen LogP contribution >= 0.6 is 0 Å². The molecule has 1 aromatic carbocycles. The van der Waals surface area contributed by atoms with Crippen LogP contribution in [0.2, 0.25) is 0 Å². The molecule has 0 radical (unpaired) electrons. The number of carbonyl (C=O) groups excluding carboxylic acids is 2. The number of Topliss-reactive ketones (excluding diaryl/α,β-unsaturated/α-hetero) is 1. The van der Waals surface area contributed by atoms with Crippen molar-refractivity contribution < 1.29 is 31.9 Å². The van der Waals surface area contributed by atoms with Crippen molar-refractivity contribution in [3.63, 3.8) is 0 Å². The molecule has 3 aliphatic rings. The number of methoxy groups -OCH3 is 1. The Morgan fingerprint density at radius 2 is 1.77 bits per heavy atom. The second kappa shape index (κ2) is 4.30. The summed E-state index contributed by atoms with van der Waals surface area (Å²) in [6, 6.07) is 1.86. The summed E-state index contributed by atoms with van der Waals surface area (Å²) < 4.78 is 59.8. The first-order valence-corrected chi connectivity index (χ1v) is 6.64. The van der Waals surface area contributed by atoms with Gasteiger partial charge in [0, 0.05) is 11.5 Å². The Morgan fingerprint density at radius 1 is 1.18 bits per heavy atom. The molecule has 3 aliphatic carbocycles. The van der Waals surface area contributed by atoms with Crippen LogP contribution in [0.4, 0.5) is 17.6 Å². The molecule has 0 unspecified atom stereocenters. The van der Waals surface area contributed by atoms with Crippen molar-refractivity contribution in [1.29, 1.82) is 0 Å². The SMILES string of the molecule is COC(=O)C12CC(C(F)(F)C(=O)c3ccc(F)cc3F)(C1)C2. The predicted octanol–water partition coefficient (Wildman–Crippen LogP) is 3.13. The van der Waals surface area contributed by atoms with Crippen molar-refractivity contribution >= 4 is 11.8 Å². The van der Waals surface area contributed by atoms with Crippen LogP contribution < -0.4 is 0 Å². The summed E-state index contributed by atoms with van der Waals surface area (Å²) in [5, 5.41) is 0. The third-order valence-electron chi connectivity index (χ3n) is 4.78. The topological polar surface area (TPSA) is 43.4 Å². The molecular weight excluding hydrogens is 304 g/mol. The number of ketones is 1. The average molecular weight is 316 g/mol. The van der Waals surface area contributed by atoms with Crippen LogP contribution in [0.1, 0.15) is 29.6 Å². The van der Waals surface area contributed by atoms with Crippen LogP contribution in [-0.4, -0.2) is 24.8 Å². The van der Waals surface area contributed by atoms with E-state index in [-0.39, 0.29) is 19.3 Å². The summed E-state index contributed by atoms with van der Waals surface area (Å²) in [5.41, 5.74) is -3.40. The van der Waals surface area contributed by atoms with Crippen molar-refractivity contribution in [2.45, 2.75) is 25.2 Å². The van der Waals surface area contributed by atoms with E-state index in [9.17, 15) is 27.2 Å². The first-order chi connectivity index (χ1) is 10.2. The number of hydrogen-bond acceptors (Lipinski definition) is 3. The van der Waals surface area contributed by atoms with E-state index < -0.39 is 45.7 Å². The van der Waals surface area contributed by atoms with E-state index in [0.717, 1.165) is 6.07 Å². The Kier molecular flexibility index (Phi) is 2.93. The van der Waals surface area contributed by atoms with E-state index in [4.69, 9.17) is 0 Å². The van der Waals surface area contributed by atoms with Crippen LogP contribution in [0, 0.1) is 22.5 Å². The molecule has 2 bridgehead atoms. The molecule has 0 aromatic heterocycles. The molecule has 3 saturated carbocycles. The molecule has 1 aromatic rings. The molecule has 3 fully saturated rings. The molecule has 3 nitrogen and oxygen atoms in total. The number of alkyl halides is 2. The molecule has 7 heteroatoms. The number of ether oxygens (including phenoxy) is 1.